The zero-order valence-electron chi connectivity index (χ0n) is 20.9. The van der Waals surface area contributed by atoms with Gasteiger partial charge in [0.15, 0.2) is 0 Å². The molecule has 0 amide bonds. The summed E-state index contributed by atoms with van der Waals surface area (Å²) in [5, 5.41) is 0. The Balaban J connectivity index is 1.30. The maximum atomic E-state index is 11.7. The molecule has 2 aromatic heterocycles. The minimum absolute atomic E-state index is 0.0983. The molecule has 0 aliphatic heterocycles. The molecule has 0 atom stereocenters. The molecule has 13 heteroatoms. The lowest BCUT2D eigenvalue weighted by molar-refractivity contribution is 0.258. The standard InChI is InChI=1S/C26H23N5O8/c1-29(2)18-11-21(36-19-7-3-16(4-8-19)14-30-23(32)27-25(34)38-30)13-22(12-18)37-20-9-5-17(6-10-20)15-31-24(33)28-26(35)39-31/h3-13H,14-15H2,1-2H3,(H,27,32,34)(H,28,33,35). The van der Waals surface area contributed by atoms with Crippen molar-refractivity contribution >= 4 is 5.69 Å². The predicted octanol–water partition coefficient (Wildman–Crippen LogP) is 2.32. The van der Waals surface area contributed by atoms with Gasteiger partial charge in [-0.05, 0) is 35.4 Å². The third kappa shape index (κ3) is 6.10. The quantitative estimate of drug-likeness (QED) is 0.290. The lowest BCUT2D eigenvalue weighted by Gasteiger charge is -2.17. The number of ether oxygens (including phenoxy) is 2. The van der Waals surface area contributed by atoms with E-state index in [4.69, 9.17) is 18.5 Å². The number of rotatable bonds is 9. The van der Waals surface area contributed by atoms with Gasteiger partial charge in [-0.2, -0.15) is 0 Å². The molecule has 2 N–H and O–H groups in total. The number of nitrogens with zero attached hydrogens (tertiary/aromatic N) is 3. The third-order valence-electron chi connectivity index (χ3n) is 5.61. The highest BCUT2D eigenvalue weighted by molar-refractivity contribution is 5.56. The zero-order chi connectivity index (χ0) is 27.5. The largest absolute Gasteiger partial charge is 0.457 e. The fourth-order valence-electron chi connectivity index (χ4n) is 3.70. The van der Waals surface area contributed by atoms with Crippen molar-refractivity contribution in [2.45, 2.75) is 13.1 Å². The Labute approximate surface area is 219 Å². The summed E-state index contributed by atoms with van der Waals surface area (Å²) in [6, 6.07) is 19.5. The van der Waals surface area contributed by atoms with Gasteiger partial charge >= 0.3 is 22.9 Å². The summed E-state index contributed by atoms with van der Waals surface area (Å²) in [5.41, 5.74) is 1.09. The molecule has 0 radical (unpaired) electrons. The molecule has 0 aliphatic carbocycles. The van der Waals surface area contributed by atoms with Gasteiger partial charge in [0.2, 0.25) is 0 Å². The molecule has 0 spiro atoms. The van der Waals surface area contributed by atoms with Crippen molar-refractivity contribution in [3.63, 3.8) is 0 Å². The van der Waals surface area contributed by atoms with Crippen molar-refractivity contribution in [2.75, 3.05) is 19.0 Å². The molecule has 3 aromatic carbocycles. The summed E-state index contributed by atoms with van der Waals surface area (Å²) in [6.45, 7) is 0.197. The molecule has 2 heterocycles. The smallest absolute Gasteiger partial charge is 0.440 e. The van der Waals surface area contributed by atoms with Crippen molar-refractivity contribution in [2.24, 2.45) is 0 Å². The predicted molar refractivity (Wildman–Crippen MR) is 139 cm³/mol. The fraction of sp³-hybridized carbons (Fsp3) is 0.154. The molecular weight excluding hydrogens is 510 g/mol. The minimum atomic E-state index is -0.807. The average molecular weight is 533 g/mol. The van der Waals surface area contributed by atoms with Crippen LogP contribution in [0, 0.1) is 0 Å². The van der Waals surface area contributed by atoms with Crippen molar-refractivity contribution in [1.82, 2.24) is 19.4 Å². The first kappa shape index (κ1) is 25.2. The first-order chi connectivity index (χ1) is 18.7. The van der Waals surface area contributed by atoms with E-state index in [1.807, 2.05) is 41.1 Å². The van der Waals surface area contributed by atoms with Crippen molar-refractivity contribution in [3.05, 3.63) is 120 Å². The molecule has 0 saturated carbocycles. The summed E-state index contributed by atoms with van der Waals surface area (Å²) in [4.78, 5) is 51.6. The molecule has 200 valence electrons. The molecule has 13 nitrogen and oxygen atoms in total. The van der Waals surface area contributed by atoms with Gasteiger partial charge in [0, 0.05) is 38.0 Å². The van der Waals surface area contributed by atoms with Gasteiger partial charge in [-0.1, -0.05) is 24.3 Å². The zero-order valence-corrected chi connectivity index (χ0v) is 20.9. The van der Waals surface area contributed by atoms with E-state index < -0.39 is 22.9 Å². The average Bonchev–Trinajstić information content (AvgIpc) is 3.39. The molecule has 0 bridgehead atoms. The summed E-state index contributed by atoms with van der Waals surface area (Å²) in [7, 11) is 3.80. The normalized spacial score (nSPS) is 10.9. The topological polar surface area (TPSA) is 158 Å². The van der Waals surface area contributed by atoms with E-state index in [2.05, 4.69) is 0 Å². The van der Waals surface area contributed by atoms with Crippen LogP contribution >= 0.6 is 0 Å². The first-order valence-corrected chi connectivity index (χ1v) is 11.7. The molecule has 0 aliphatic rings. The lowest BCUT2D eigenvalue weighted by Crippen LogP contribution is -2.17. The van der Waals surface area contributed by atoms with E-state index >= 15 is 0 Å². The molecule has 0 unspecified atom stereocenters. The van der Waals surface area contributed by atoms with E-state index in [1.165, 1.54) is 0 Å². The number of nitrogens with one attached hydrogen (secondary N) is 2. The lowest BCUT2D eigenvalue weighted by atomic mass is 10.2. The molecule has 39 heavy (non-hydrogen) atoms. The summed E-state index contributed by atoms with van der Waals surface area (Å²) in [6.07, 6.45) is 0. The van der Waals surface area contributed by atoms with Crippen LogP contribution in [0.15, 0.2) is 95.0 Å². The van der Waals surface area contributed by atoms with E-state index in [-0.39, 0.29) is 13.1 Å². The number of hydrogen-bond donors (Lipinski definition) is 2. The SMILES string of the molecule is CN(C)c1cc(Oc2ccc(Cn3oc(=O)[nH]c3=O)cc2)cc(Oc2ccc(Cn3oc(=O)[nH]c3=O)cc2)c1. The second-order valence-electron chi connectivity index (χ2n) is 8.74. The van der Waals surface area contributed by atoms with Crippen LogP contribution in [0.3, 0.4) is 0 Å². The van der Waals surface area contributed by atoms with Gasteiger partial charge in [-0.15, -0.1) is 9.48 Å². The molecule has 0 fully saturated rings. The highest BCUT2D eigenvalue weighted by Crippen LogP contribution is 2.33. The van der Waals surface area contributed by atoms with Gasteiger partial charge in [0.25, 0.3) is 0 Å². The summed E-state index contributed by atoms with van der Waals surface area (Å²) >= 11 is 0. The fourth-order valence-corrected chi connectivity index (χ4v) is 3.70. The highest BCUT2D eigenvalue weighted by atomic mass is 16.5. The van der Waals surface area contributed by atoms with Gasteiger partial charge < -0.3 is 23.4 Å². The van der Waals surface area contributed by atoms with Crippen LogP contribution in [0.5, 0.6) is 23.0 Å². The van der Waals surface area contributed by atoms with Gasteiger partial charge in [-0.25, -0.2) is 29.1 Å². The Morgan fingerprint density at radius 2 is 1.05 bits per heavy atom. The Kier molecular flexibility index (Phi) is 6.78. The number of aromatic nitrogens is 4. The second-order valence-corrected chi connectivity index (χ2v) is 8.74. The minimum Gasteiger partial charge on any atom is -0.457 e. The maximum Gasteiger partial charge on any atom is 0.440 e. The number of hydrogen-bond acceptors (Lipinski definition) is 9. The van der Waals surface area contributed by atoms with Crippen LogP contribution in [-0.2, 0) is 13.1 Å². The Bertz CT molecular complexity index is 1690. The van der Waals surface area contributed by atoms with Crippen LogP contribution in [0.25, 0.3) is 0 Å². The Hall–Kier alpha value is -5.46. The highest BCUT2D eigenvalue weighted by Gasteiger charge is 2.10. The molecule has 5 rings (SSSR count). The maximum absolute atomic E-state index is 11.7. The van der Waals surface area contributed by atoms with Crippen LogP contribution in [0.2, 0.25) is 0 Å². The van der Waals surface area contributed by atoms with E-state index in [0.717, 1.165) is 26.3 Å². The number of anilines is 1. The summed E-state index contributed by atoms with van der Waals surface area (Å²) in [5.74, 6) is 0.570. The van der Waals surface area contributed by atoms with Gasteiger partial charge in [0.1, 0.15) is 23.0 Å². The molecule has 5 aromatic rings. The molecular formula is C26H23N5O8. The Morgan fingerprint density at radius 3 is 1.38 bits per heavy atom. The number of aromatic amines is 2. The van der Waals surface area contributed by atoms with Gasteiger partial charge in [0.05, 0.1) is 13.1 Å². The third-order valence-corrected chi connectivity index (χ3v) is 5.61. The van der Waals surface area contributed by atoms with Crippen molar-refractivity contribution in [3.8, 4) is 23.0 Å². The molecule has 0 saturated heterocycles. The number of benzene rings is 3. The van der Waals surface area contributed by atoms with E-state index in [9.17, 15) is 19.2 Å². The van der Waals surface area contributed by atoms with Gasteiger partial charge in [-0.3, -0.25) is 0 Å². The Morgan fingerprint density at radius 1 is 0.641 bits per heavy atom. The van der Waals surface area contributed by atoms with Crippen LogP contribution in [0.4, 0.5) is 5.69 Å². The van der Waals surface area contributed by atoms with Crippen LogP contribution in [0.1, 0.15) is 11.1 Å². The van der Waals surface area contributed by atoms with Crippen molar-refractivity contribution < 1.29 is 18.5 Å². The second kappa shape index (κ2) is 10.5. The van der Waals surface area contributed by atoms with Crippen molar-refractivity contribution in [1.29, 1.82) is 0 Å². The monoisotopic (exact) mass is 533 g/mol. The van der Waals surface area contributed by atoms with E-state index in [0.29, 0.717) is 23.0 Å². The first-order valence-electron chi connectivity index (χ1n) is 11.7. The van der Waals surface area contributed by atoms with Crippen LogP contribution in [-0.4, -0.2) is 33.5 Å². The number of H-pyrrole nitrogens is 2. The summed E-state index contributed by atoms with van der Waals surface area (Å²) < 4.78 is 23.6. The van der Waals surface area contributed by atoms with Crippen LogP contribution < -0.4 is 37.3 Å². The van der Waals surface area contributed by atoms with E-state index in [1.54, 1.807) is 54.6 Å².